The molecule has 1 aliphatic carbocycles. The van der Waals surface area contributed by atoms with Gasteiger partial charge < -0.3 is 15.4 Å². The fourth-order valence-electron chi connectivity index (χ4n) is 4.07. The van der Waals surface area contributed by atoms with Crippen molar-refractivity contribution < 1.29 is 9.50 Å². The fraction of sp³-hybridized carbons (Fsp3) is 0.500. The second-order valence-electron chi connectivity index (χ2n) is 8.03. The summed E-state index contributed by atoms with van der Waals surface area (Å²) in [5, 5.41) is 19.3. The number of alkyl halides is 1. The highest BCUT2D eigenvalue weighted by Gasteiger charge is 2.33. The molecule has 0 aromatic carbocycles. The molecule has 5 rings (SSSR count). The SMILES string of the molecule is CC(O)N1CC[C@H](n2cc(-c3cnc4[nH]cc(Cl)c4c3NC3CC3)cn2)[C@@H](F)C1. The molecule has 0 bridgehead atoms. The minimum Gasteiger partial charge on any atom is -0.381 e. The van der Waals surface area contributed by atoms with Crippen LogP contribution in [0, 0.1) is 0 Å². The lowest BCUT2D eigenvalue weighted by Crippen LogP contribution is -2.46. The monoisotopic (exact) mass is 418 g/mol. The van der Waals surface area contributed by atoms with Crippen LogP contribution in [0.3, 0.4) is 0 Å². The number of aliphatic hydroxyl groups excluding tert-OH is 1. The number of aromatic nitrogens is 4. The quantitative estimate of drug-likeness (QED) is 0.590. The Balaban J connectivity index is 1.47. The smallest absolute Gasteiger partial charge is 0.140 e. The lowest BCUT2D eigenvalue weighted by atomic mass is 10.0. The number of pyridine rings is 1. The van der Waals surface area contributed by atoms with Gasteiger partial charge >= 0.3 is 0 Å². The largest absolute Gasteiger partial charge is 0.381 e. The molecule has 1 saturated heterocycles. The van der Waals surface area contributed by atoms with E-state index in [1.807, 2.05) is 12.4 Å². The number of fused-ring (bicyclic) bond motifs is 1. The molecule has 9 heteroatoms. The molecule has 1 aliphatic heterocycles. The van der Waals surface area contributed by atoms with E-state index in [0.29, 0.717) is 24.0 Å². The Morgan fingerprint density at radius 1 is 1.34 bits per heavy atom. The molecule has 1 unspecified atom stereocenters. The lowest BCUT2D eigenvalue weighted by Gasteiger charge is -2.36. The molecule has 154 valence electrons. The summed E-state index contributed by atoms with van der Waals surface area (Å²) in [5.74, 6) is 0. The van der Waals surface area contributed by atoms with Crippen LogP contribution in [0.4, 0.5) is 10.1 Å². The minimum atomic E-state index is -1.09. The fourth-order valence-corrected chi connectivity index (χ4v) is 4.31. The van der Waals surface area contributed by atoms with Crippen LogP contribution >= 0.6 is 11.6 Å². The Kier molecular flexibility index (Phi) is 4.72. The minimum absolute atomic E-state index is 0.207. The topological polar surface area (TPSA) is 82.0 Å². The van der Waals surface area contributed by atoms with Crippen LogP contribution in [0.2, 0.25) is 5.02 Å². The normalized spacial score (nSPS) is 24.1. The van der Waals surface area contributed by atoms with Gasteiger partial charge in [0.15, 0.2) is 0 Å². The van der Waals surface area contributed by atoms with Crippen molar-refractivity contribution in [3.63, 3.8) is 0 Å². The van der Waals surface area contributed by atoms with Gasteiger partial charge in [0.1, 0.15) is 18.0 Å². The first-order valence-electron chi connectivity index (χ1n) is 10.0. The second-order valence-corrected chi connectivity index (χ2v) is 8.44. The van der Waals surface area contributed by atoms with E-state index < -0.39 is 12.4 Å². The summed E-state index contributed by atoms with van der Waals surface area (Å²) in [4.78, 5) is 9.35. The summed E-state index contributed by atoms with van der Waals surface area (Å²) in [6.45, 7) is 2.51. The number of piperidine rings is 1. The van der Waals surface area contributed by atoms with Gasteiger partial charge in [0.2, 0.25) is 0 Å². The maximum atomic E-state index is 14.8. The van der Waals surface area contributed by atoms with Gasteiger partial charge in [-0.25, -0.2) is 9.37 Å². The molecule has 2 fully saturated rings. The number of hydrogen-bond acceptors (Lipinski definition) is 5. The standard InChI is InChI=1S/C20H24ClFN6O/c1-11(29)27-5-4-17(16(22)10-27)28-9-12(6-25-28)14-7-23-20-18(15(21)8-24-20)19(14)26-13-2-3-13/h6-9,11,13,16-17,29H,2-5,10H2,1H3,(H2,23,24,26)/t11?,16-,17-/m0/s1. The van der Waals surface area contributed by atoms with Crippen molar-refractivity contribution in [2.75, 3.05) is 18.4 Å². The van der Waals surface area contributed by atoms with Crippen LogP contribution < -0.4 is 5.32 Å². The van der Waals surface area contributed by atoms with Crippen molar-refractivity contribution >= 4 is 28.3 Å². The van der Waals surface area contributed by atoms with Gasteiger partial charge in [0, 0.05) is 48.8 Å². The number of rotatable bonds is 5. The molecule has 3 aromatic heterocycles. The summed E-state index contributed by atoms with van der Waals surface area (Å²) in [7, 11) is 0. The predicted molar refractivity (Wildman–Crippen MR) is 111 cm³/mol. The van der Waals surface area contributed by atoms with Crippen molar-refractivity contribution in [3.8, 4) is 11.1 Å². The molecule has 1 saturated carbocycles. The highest BCUT2D eigenvalue weighted by atomic mass is 35.5. The van der Waals surface area contributed by atoms with E-state index in [1.165, 1.54) is 0 Å². The van der Waals surface area contributed by atoms with E-state index in [4.69, 9.17) is 11.6 Å². The number of nitrogens with zero attached hydrogens (tertiary/aromatic N) is 4. The highest BCUT2D eigenvalue weighted by molar-refractivity contribution is 6.36. The van der Waals surface area contributed by atoms with Crippen molar-refractivity contribution in [2.24, 2.45) is 0 Å². The van der Waals surface area contributed by atoms with Crippen LogP contribution in [-0.4, -0.2) is 61.3 Å². The van der Waals surface area contributed by atoms with Crippen molar-refractivity contribution in [1.82, 2.24) is 24.6 Å². The summed E-state index contributed by atoms with van der Waals surface area (Å²) in [6, 6.07) is 0.103. The summed E-state index contributed by atoms with van der Waals surface area (Å²) >= 11 is 6.42. The number of nitrogens with one attached hydrogen (secondary N) is 2. The number of likely N-dealkylation sites (tertiary alicyclic amines) is 1. The van der Waals surface area contributed by atoms with E-state index in [-0.39, 0.29) is 12.6 Å². The second kappa shape index (κ2) is 7.27. The van der Waals surface area contributed by atoms with Crippen LogP contribution in [0.25, 0.3) is 22.2 Å². The number of anilines is 1. The van der Waals surface area contributed by atoms with E-state index in [2.05, 4.69) is 20.4 Å². The summed E-state index contributed by atoms with van der Waals surface area (Å²) in [6.07, 6.45) is 8.34. The van der Waals surface area contributed by atoms with Gasteiger partial charge in [-0.1, -0.05) is 11.6 Å². The van der Waals surface area contributed by atoms with Gasteiger partial charge in [-0.05, 0) is 26.2 Å². The lowest BCUT2D eigenvalue weighted by molar-refractivity contribution is -0.0308. The van der Waals surface area contributed by atoms with E-state index in [0.717, 1.165) is 40.7 Å². The molecule has 0 amide bonds. The first-order chi connectivity index (χ1) is 14.0. The van der Waals surface area contributed by atoms with Crippen molar-refractivity contribution in [2.45, 2.75) is 50.7 Å². The molecule has 29 heavy (non-hydrogen) atoms. The molecule has 7 nitrogen and oxygen atoms in total. The maximum absolute atomic E-state index is 14.8. The van der Waals surface area contributed by atoms with Crippen molar-refractivity contribution in [3.05, 3.63) is 29.8 Å². The number of hydrogen-bond donors (Lipinski definition) is 3. The number of aliphatic hydroxyl groups is 1. The van der Waals surface area contributed by atoms with Gasteiger partial charge in [-0.2, -0.15) is 5.10 Å². The zero-order valence-electron chi connectivity index (χ0n) is 16.1. The number of halogens is 2. The molecule has 3 atom stereocenters. The van der Waals surface area contributed by atoms with Crippen LogP contribution in [0.5, 0.6) is 0 Å². The summed E-state index contributed by atoms with van der Waals surface area (Å²) in [5.41, 5.74) is 3.48. The molecule has 0 spiro atoms. The van der Waals surface area contributed by atoms with E-state index in [1.54, 1.807) is 28.9 Å². The third-order valence-corrected chi connectivity index (χ3v) is 6.20. The van der Waals surface area contributed by atoms with Gasteiger partial charge in [0.05, 0.1) is 28.3 Å². The van der Waals surface area contributed by atoms with Crippen LogP contribution in [0.15, 0.2) is 24.8 Å². The Bertz CT molecular complexity index is 1030. The predicted octanol–water partition coefficient (Wildman–Crippen LogP) is 3.58. The Morgan fingerprint density at radius 2 is 2.17 bits per heavy atom. The number of H-pyrrole nitrogens is 1. The maximum Gasteiger partial charge on any atom is 0.140 e. The third kappa shape index (κ3) is 3.49. The molecule has 3 aromatic rings. The first-order valence-corrected chi connectivity index (χ1v) is 10.4. The van der Waals surface area contributed by atoms with E-state index in [9.17, 15) is 9.50 Å². The molecule has 3 N–H and O–H groups in total. The summed E-state index contributed by atoms with van der Waals surface area (Å²) < 4.78 is 16.5. The zero-order valence-corrected chi connectivity index (χ0v) is 16.9. The van der Waals surface area contributed by atoms with Gasteiger partial charge in [0.25, 0.3) is 0 Å². The average molecular weight is 419 g/mol. The van der Waals surface area contributed by atoms with E-state index >= 15 is 0 Å². The molecule has 2 aliphatic rings. The van der Waals surface area contributed by atoms with Gasteiger partial charge in [-0.15, -0.1) is 0 Å². The third-order valence-electron chi connectivity index (χ3n) is 5.90. The Hall–Kier alpha value is -2.16. The van der Waals surface area contributed by atoms with Crippen LogP contribution in [-0.2, 0) is 0 Å². The Labute approximate surface area is 172 Å². The molecule has 4 heterocycles. The molecule has 0 radical (unpaired) electrons. The van der Waals surface area contributed by atoms with Crippen LogP contribution in [0.1, 0.15) is 32.2 Å². The first kappa shape index (κ1) is 18.8. The van der Waals surface area contributed by atoms with Gasteiger partial charge in [-0.3, -0.25) is 9.58 Å². The molecular formula is C20H24ClFN6O. The number of aromatic amines is 1. The zero-order chi connectivity index (χ0) is 20.1. The van der Waals surface area contributed by atoms with Crippen molar-refractivity contribution in [1.29, 1.82) is 0 Å². The Morgan fingerprint density at radius 3 is 2.90 bits per heavy atom. The average Bonchev–Trinajstić information content (AvgIpc) is 3.24. The highest BCUT2D eigenvalue weighted by Crippen LogP contribution is 2.40. The molecular weight excluding hydrogens is 395 g/mol.